The smallest absolute Gasteiger partial charge is 0.311 e. The summed E-state index contributed by atoms with van der Waals surface area (Å²) in [4.78, 5) is 64.3. The van der Waals surface area contributed by atoms with Crippen molar-refractivity contribution in [2.24, 2.45) is 35.5 Å². The van der Waals surface area contributed by atoms with Crippen LogP contribution in [0.15, 0.2) is 48.5 Å². The topological polar surface area (TPSA) is 394 Å². The van der Waals surface area contributed by atoms with Crippen molar-refractivity contribution in [2.75, 3.05) is 97.0 Å². The van der Waals surface area contributed by atoms with Gasteiger partial charge in [-0.15, -0.1) is 9.24 Å². The molecule has 35 heteroatoms. The highest BCUT2D eigenvalue weighted by molar-refractivity contribution is 8.77. The van der Waals surface area contributed by atoms with Gasteiger partial charge in [-0.25, -0.2) is 0 Å². The van der Waals surface area contributed by atoms with E-state index in [2.05, 4.69) is 20.3 Å². The number of hydrogen-bond donors (Lipinski definition) is 8. The molecule has 14 rings (SSSR count). The molecule has 4 aromatic rings. The molecule has 1 amide bonds. The van der Waals surface area contributed by atoms with Crippen LogP contribution in [0.1, 0.15) is 129 Å². The summed E-state index contributed by atoms with van der Waals surface area (Å²) >= 11 is 0. The van der Waals surface area contributed by atoms with Gasteiger partial charge in [-0.3, -0.25) is 24.0 Å². The van der Waals surface area contributed by atoms with Crippen LogP contribution in [0.25, 0.3) is 0 Å². The number of carbonyl (C=O) groups excluding carboxylic acids is 5. The van der Waals surface area contributed by atoms with Crippen LogP contribution < -0.4 is 61.4 Å². The Balaban J connectivity index is 0.000000211. The minimum atomic E-state index is -1.26. The number of carbonyl (C=O) groups is 5. The zero-order valence-electron chi connectivity index (χ0n) is 62.6. The molecule has 6 heterocycles. The van der Waals surface area contributed by atoms with Crippen molar-refractivity contribution in [3.05, 3.63) is 93.0 Å². The van der Waals surface area contributed by atoms with Gasteiger partial charge < -0.3 is 130 Å². The van der Waals surface area contributed by atoms with Gasteiger partial charge in [0.1, 0.15) is 24.4 Å². The van der Waals surface area contributed by atoms with E-state index in [0.29, 0.717) is 125 Å². The van der Waals surface area contributed by atoms with E-state index in [9.17, 15) is 54.6 Å². The van der Waals surface area contributed by atoms with Crippen molar-refractivity contribution < 1.29 is 150 Å². The lowest BCUT2D eigenvalue weighted by atomic mass is 9.66. The lowest BCUT2D eigenvalue weighted by Gasteiger charge is -2.48. The Morgan fingerprint density at radius 1 is 0.582 bits per heavy atom. The first-order valence-corrected chi connectivity index (χ1v) is 42.3. The van der Waals surface area contributed by atoms with Crippen molar-refractivity contribution >= 4 is 82.2 Å². The molecular formula is C75H98ClN2O27PS4. The molecule has 4 saturated heterocycles. The molecule has 0 radical (unpaired) electrons. The van der Waals surface area contributed by atoms with Gasteiger partial charge in [0.25, 0.3) is 0 Å². The normalized spacial score (nSPS) is 30.4. The average Bonchev–Trinajstić information content (AvgIpc) is 1.74. The van der Waals surface area contributed by atoms with Crippen LogP contribution in [0.4, 0.5) is 0 Å². The molecule has 0 aromatic heterocycles. The maximum Gasteiger partial charge on any atom is 0.311 e. The fourth-order valence-corrected chi connectivity index (χ4v) is 20.3. The van der Waals surface area contributed by atoms with Crippen molar-refractivity contribution in [3.8, 4) is 46.0 Å². The van der Waals surface area contributed by atoms with Gasteiger partial charge in [0.15, 0.2) is 58.6 Å². The van der Waals surface area contributed by atoms with E-state index >= 15 is 0 Å². The highest BCUT2D eigenvalue weighted by Gasteiger charge is 2.58. The highest BCUT2D eigenvalue weighted by atomic mass is 35.5. The molecule has 0 spiro atoms. The number of halogens is 1. The highest BCUT2D eigenvalue weighted by Crippen LogP contribution is 2.60. The summed E-state index contributed by atoms with van der Waals surface area (Å²) in [6, 6.07) is 14.2. The Kier molecular flexibility index (Phi) is 30.0. The fraction of sp³-hybridized carbons (Fsp3) is 0.613. The zero-order chi connectivity index (χ0) is 78.0. The predicted octanol–water partition coefficient (Wildman–Crippen LogP) is 2.57. The first-order chi connectivity index (χ1) is 53.2. The Morgan fingerprint density at radius 3 is 1.37 bits per heavy atom. The Labute approximate surface area is 663 Å². The molecule has 0 bridgehead atoms. The van der Waals surface area contributed by atoms with Gasteiger partial charge in [0, 0.05) is 91.6 Å². The zero-order valence-corrected chi connectivity index (χ0v) is 66.7. The van der Waals surface area contributed by atoms with Crippen LogP contribution >= 0.6 is 52.4 Å². The number of benzene rings is 4. The third-order valence-corrected chi connectivity index (χ3v) is 26.3. The molecule has 2 saturated carbocycles. The first kappa shape index (κ1) is 84.0. The van der Waals surface area contributed by atoms with Crippen LogP contribution in [0, 0.1) is 35.5 Å². The second kappa shape index (κ2) is 39.3. The number of methoxy groups -OCH3 is 2. The van der Waals surface area contributed by atoms with Crippen LogP contribution in [0.5, 0.6) is 46.0 Å². The maximum atomic E-state index is 13.7. The lowest BCUT2D eigenvalue weighted by molar-refractivity contribution is -0.360. The lowest BCUT2D eigenvalue weighted by Crippen LogP contribution is -3.00. The molecule has 29 nitrogen and oxygen atoms in total. The first-order valence-electron chi connectivity index (χ1n) is 37.3. The predicted molar refractivity (Wildman–Crippen MR) is 400 cm³/mol. The second-order valence-electron chi connectivity index (χ2n) is 27.9. The van der Waals surface area contributed by atoms with Gasteiger partial charge in [-0.1, -0.05) is 49.8 Å². The Bertz CT molecular complexity index is 3850. The van der Waals surface area contributed by atoms with E-state index in [4.69, 9.17) is 77.2 Å². The molecule has 6 aliphatic heterocycles. The molecule has 4 aliphatic carbocycles. The summed E-state index contributed by atoms with van der Waals surface area (Å²) in [6.07, 6.45) is -7.92. The number of ether oxygens (including phenoxy) is 16. The summed E-state index contributed by atoms with van der Waals surface area (Å²) in [5.41, 5.74) is 8.53. The monoisotopic (exact) mass is 1650 g/mol. The molecule has 13 unspecified atom stereocenters. The summed E-state index contributed by atoms with van der Waals surface area (Å²) in [5.74, 6) is -0.153. The molecule has 4 aromatic carbocycles. The van der Waals surface area contributed by atoms with E-state index in [-0.39, 0.29) is 92.8 Å². The molecule has 6 fully saturated rings. The second-order valence-corrected chi connectivity index (χ2v) is 33.3. The summed E-state index contributed by atoms with van der Waals surface area (Å²) in [7, 11) is 11.8. The Hall–Kier alpha value is -5.37. The summed E-state index contributed by atoms with van der Waals surface area (Å²) in [6.45, 7) is 6.71. The van der Waals surface area contributed by atoms with E-state index in [0.717, 1.165) is 23.8 Å². The van der Waals surface area contributed by atoms with Crippen LogP contribution in [0.2, 0.25) is 0 Å². The number of quaternary nitrogens is 1. The summed E-state index contributed by atoms with van der Waals surface area (Å²) in [5, 5.41) is 68.7. The van der Waals surface area contributed by atoms with Gasteiger partial charge >= 0.3 is 23.9 Å². The number of esters is 4. The molecule has 21 atom stereocenters. The number of amides is 1. The number of aliphatic hydroxyl groups excluding tert-OH is 6. The van der Waals surface area contributed by atoms with E-state index in [1.165, 1.54) is 21.1 Å². The van der Waals surface area contributed by atoms with Crippen LogP contribution in [-0.4, -0.2) is 219 Å². The van der Waals surface area contributed by atoms with E-state index in [1.807, 2.05) is 24.3 Å². The number of fused-ring (bicyclic) bond motifs is 8. The van der Waals surface area contributed by atoms with Gasteiger partial charge in [0.05, 0.1) is 115 Å². The third-order valence-electron chi connectivity index (χ3n) is 21.2. The molecule has 10 aliphatic rings. The van der Waals surface area contributed by atoms with Crippen molar-refractivity contribution in [1.29, 1.82) is 0 Å². The minimum absolute atomic E-state index is 0. The van der Waals surface area contributed by atoms with E-state index in [1.54, 1.807) is 81.3 Å². The third kappa shape index (κ3) is 18.8. The van der Waals surface area contributed by atoms with Gasteiger partial charge in [-0.2, -0.15) is 0 Å². The van der Waals surface area contributed by atoms with Crippen LogP contribution in [0.3, 0.4) is 0 Å². The van der Waals surface area contributed by atoms with Crippen molar-refractivity contribution in [2.45, 2.75) is 158 Å². The number of nitrogens with one attached hydrogen (secondary N) is 1. The van der Waals surface area contributed by atoms with Crippen molar-refractivity contribution in [1.82, 2.24) is 5.32 Å². The largest absolute Gasteiger partial charge is 1.00 e. The number of cyclic esters (lactones) is 2. The molecule has 110 heavy (non-hydrogen) atoms. The van der Waals surface area contributed by atoms with Gasteiger partial charge in [0.2, 0.25) is 19.5 Å². The summed E-state index contributed by atoms with van der Waals surface area (Å²) < 4.78 is 100. The minimum Gasteiger partial charge on any atom is -1.00 e. The molecular weight excluding hydrogens is 1560 g/mol. The van der Waals surface area contributed by atoms with Gasteiger partial charge in [-0.05, 0) is 121 Å². The average molecular weight is 1660 g/mol. The standard InChI is InChI=1S/C38H47NO14S2.C36H45NO13S2.CH5P.ClH/c1-18(41)39-6-8-55-54-7-4-5-30(42)53-35-21(14-40)9-20(10-29(35)46-3)31-23-12-26-27(50-17-49-26)13-24(23)37(25-16-48-38(45)32(25)31)52-28-11-22-15-47-19(2)51-36(22)34(44)33(28)43;1-17-44-14-20-10-26(31(40)32(41)34(20)48-17)49-35-22-12-25-24(46-16-47-25)11-21(22)29(30-23(35)15-45-36(30)42)18-8-19(13-38)33(27(9-18)43-2)50-28(39)4-3-6-51-52-7-5-37;1-2;/h9-10,12-13,19,22,25,28,31-34,36-37,40,43-44H,4-8,11,14-17H2,1-3H3,(H,39,41);8-9,11-12,17,20,23,26,29-32,34-35,38,40-41H,3-7,10,13-16,37H2,1-2H3;2H2,1H3;1H/t19?,22?,25-,28?,31+,32-,33?,34?,36?,37+;17?,20?,23-,26?,29+,30-,31?,32?,34?,35+;;/m00../s1/i;;1D;. The SMILES string of the molecule is COc1cc([C@@H]2c3cc4c(cc3[C@@H](OC3CC5COC(C)OC5C(O)C3O)[C@H]3COC(=O)[C@H]23)OCO4)cc(CO)c1OC(=O)CCCSSCCNC(C)=O.COc1cc([C@@H]2c3cc4c(cc3[C@@H](OC3CC5COC(C)OC5C(O)C3O)[C@H]3COC(=O)[C@H]23)OCO4)cc(CO)c1OC(=O)CCCSSCC[NH3+].[2H]CP.[Cl-]. The van der Waals surface area contributed by atoms with Crippen molar-refractivity contribution in [3.63, 3.8) is 0 Å². The Morgan fingerprint density at radius 2 is 0.982 bits per heavy atom. The van der Waals surface area contributed by atoms with Crippen LogP contribution in [-0.2, 0) is 75.1 Å². The van der Waals surface area contributed by atoms with E-state index < -0.39 is 146 Å². The maximum absolute atomic E-state index is 13.7. The fourth-order valence-electron chi connectivity index (χ4n) is 16.2. The number of rotatable bonds is 27. The molecule has 606 valence electrons. The quantitative estimate of drug-likeness (QED) is 0.0140. The number of aliphatic hydroxyl groups is 6. The molecule has 10 N–H and O–H groups in total. The number of hydrogen-bond acceptors (Lipinski definition) is 31.